The molecule has 0 unspecified atom stereocenters. The third-order valence-electron chi connectivity index (χ3n) is 2.18. The summed E-state index contributed by atoms with van der Waals surface area (Å²) in [5, 5.41) is 13.4. The molecule has 0 bridgehead atoms. The van der Waals surface area contributed by atoms with E-state index in [0.717, 1.165) is 0 Å². The molecule has 0 fully saturated rings. The summed E-state index contributed by atoms with van der Waals surface area (Å²) in [4.78, 5) is 14.1. The van der Waals surface area contributed by atoms with E-state index in [2.05, 4.69) is 15.0 Å². The third-order valence-corrected chi connectivity index (χ3v) is 3.54. The average Bonchev–Trinajstić information content (AvgIpc) is 2.30. The Balaban J connectivity index is 2.77. The molecule has 8 nitrogen and oxygen atoms in total. The van der Waals surface area contributed by atoms with Gasteiger partial charge in [0, 0.05) is 18.8 Å². The molecule has 2 N–H and O–H groups in total. The minimum Gasteiger partial charge on any atom is -0.363 e. The van der Waals surface area contributed by atoms with Crippen molar-refractivity contribution in [2.24, 2.45) is 0 Å². The summed E-state index contributed by atoms with van der Waals surface area (Å²) in [7, 11) is -2.03. The maximum atomic E-state index is 11.2. The molecule has 0 aromatic carbocycles. The standard InChI is InChI=1S/C9H14N4O4S/c1-7-5-8(13(14)15)9(12-6-7)11-3-4-18(16,17)10-2/h5-6,10H,3-4H2,1-2H3,(H,11,12). The molecule has 0 radical (unpaired) electrons. The number of pyridine rings is 1. The van der Waals surface area contributed by atoms with E-state index in [0.29, 0.717) is 5.56 Å². The van der Waals surface area contributed by atoms with Crippen LogP contribution in [-0.4, -0.2) is 37.7 Å². The van der Waals surface area contributed by atoms with Gasteiger partial charge in [0.15, 0.2) is 0 Å². The van der Waals surface area contributed by atoms with Gasteiger partial charge in [-0.05, 0) is 19.5 Å². The lowest BCUT2D eigenvalue weighted by atomic mass is 10.3. The van der Waals surface area contributed by atoms with E-state index in [4.69, 9.17) is 0 Å². The lowest BCUT2D eigenvalue weighted by molar-refractivity contribution is -0.384. The highest BCUT2D eigenvalue weighted by Crippen LogP contribution is 2.21. The van der Waals surface area contributed by atoms with Crippen molar-refractivity contribution in [3.63, 3.8) is 0 Å². The Bertz CT molecular complexity index is 543. The van der Waals surface area contributed by atoms with E-state index in [9.17, 15) is 18.5 Å². The highest BCUT2D eigenvalue weighted by Gasteiger charge is 2.15. The molecule has 0 spiro atoms. The molecular weight excluding hydrogens is 260 g/mol. The zero-order valence-electron chi connectivity index (χ0n) is 10.0. The summed E-state index contributed by atoms with van der Waals surface area (Å²) in [5.41, 5.74) is 0.493. The lowest BCUT2D eigenvalue weighted by Crippen LogP contribution is -2.26. The summed E-state index contributed by atoms with van der Waals surface area (Å²) < 4.78 is 24.5. The zero-order valence-corrected chi connectivity index (χ0v) is 10.8. The van der Waals surface area contributed by atoms with Gasteiger partial charge in [0.1, 0.15) is 0 Å². The molecule has 1 aromatic rings. The molecule has 9 heteroatoms. The van der Waals surface area contributed by atoms with Crippen LogP contribution in [0.3, 0.4) is 0 Å². The number of hydrogen-bond acceptors (Lipinski definition) is 6. The minimum atomic E-state index is -3.34. The second-order valence-electron chi connectivity index (χ2n) is 3.59. The molecule has 0 saturated carbocycles. The van der Waals surface area contributed by atoms with Gasteiger partial charge >= 0.3 is 5.69 Å². The first-order valence-electron chi connectivity index (χ1n) is 5.12. The van der Waals surface area contributed by atoms with Crippen LogP contribution in [0.15, 0.2) is 12.3 Å². The van der Waals surface area contributed by atoms with Crippen molar-refractivity contribution in [1.29, 1.82) is 0 Å². The van der Waals surface area contributed by atoms with Gasteiger partial charge in [-0.3, -0.25) is 10.1 Å². The number of nitrogens with zero attached hydrogens (tertiary/aromatic N) is 2. The van der Waals surface area contributed by atoms with Crippen LogP contribution >= 0.6 is 0 Å². The first-order valence-corrected chi connectivity index (χ1v) is 6.77. The van der Waals surface area contributed by atoms with E-state index in [1.807, 2.05) is 0 Å². The Morgan fingerprint density at radius 3 is 2.72 bits per heavy atom. The average molecular weight is 274 g/mol. The fourth-order valence-corrected chi connectivity index (χ4v) is 1.81. The van der Waals surface area contributed by atoms with E-state index in [1.165, 1.54) is 19.3 Å². The number of hydrogen-bond donors (Lipinski definition) is 2. The minimum absolute atomic E-state index is 0.0417. The first-order chi connectivity index (χ1) is 8.35. The second kappa shape index (κ2) is 5.74. The maximum Gasteiger partial charge on any atom is 0.311 e. The van der Waals surface area contributed by atoms with Crippen LogP contribution in [0.5, 0.6) is 0 Å². The smallest absolute Gasteiger partial charge is 0.311 e. The Kier molecular flexibility index (Phi) is 4.56. The van der Waals surface area contributed by atoms with Gasteiger partial charge in [0.05, 0.1) is 10.7 Å². The molecule has 0 aliphatic rings. The van der Waals surface area contributed by atoms with E-state index >= 15 is 0 Å². The predicted molar refractivity (Wildman–Crippen MR) is 67.0 cm³/mol. The van der Waals surface area contributed by atoms with Crippen LogP contribution < -0.4 is 10.0 Å². The highest BCUT2D eigenvalue weighted by molar-refractivity contribution is 7.89. The fourth-order valence-electron chi connectivity index (χ4n) is 1.24. The van der Waals surface area contributed by atoms with Crippen molar-refractivity contribution >= 4 is 21.5 Å². The molecule has 1 heterocycles. The molecular formula is C9H14N4O4S. The van der Waals surface area contributed by atoms with Gasteiger partial charge < -0.3 is 5.32 Å². The molecule has 0 saturated heterocycles. The topological polar surface area (TPSA) is 114 Å². The Morgan fingerprint density at radius 2 is 2.17 bits per heavy atom. The normalized spacial score (nSPS) is 11.2. The molecule has 0 aliphatic heterocycles. The lowest BCUT2D eigenvalue weighted by Gasteiger charge is -2.06. The van der Waals surface area contributed by atoms with Crippen LogP contribution in [-0.2, 0) is 10.0 Å². The summed E-state index contributed by atoms with van der Waals surface area (Å²) >= 11 is 0. The number of sulfonamides is 1. The van der Waals surface area contributed by atoms with Gasteiger partial charge in [-0.15, -0.1) is 0 Å². The number of rotatable bonds is 6. The summed E-state index contributed by atoms with van der Waals surface area (Å²) in [6, 6.07) is 1.38. The predicted octanol–water partition coefficient (Wildman–Crippen LogP) is 0.259. The van der Waals surface area contributed by atoms with Crippen LogP contribution in [0.4, 0.5) is 11.5 Å². The number of aryl methyl sites for hydroxylation is 1. The second-order valence-corrected chi connectivity index (χ2v) is 5.63. The summed E-state index contributed by atoms with van der Waals surface area (Å²) in [6.45, 7) is 1.73. The molecule has 100 valence electrons. The maximum absolute atomic E-state index is 11.2. The van der Waals surface area contributed by atoms with Crippen molar-refractivity contribution in [2.45, 2.75) is 6.92 Å². The molecule has 1 rings (SSSR count). The number of anilines is 1. The Morgan fingerprint density at radius 1 is 1.50 bits per heavy atom. The number of aromatic nitrogens is 1. The van der Waals surface area contributed by atoms with Gasteiger partial charge in [-0.2, -0.15) is 0 Å². The Hall–Kier alpha value is -1.74. The highest BCUT2D eigenvalue weighted by atomic mass is 32.2. The fraction of sp³-hybridized carbons (Fsp3) is 0.444. The largest absolute Gasteiger partial charge is 0.363 e. The van der Waals surface area contributed by atoms with Crippen LogP contribution in [0.2, 0.25) is 0 Å². The van der Waals surface area contributed by atoms with Gasteiger partial charge in [-0.1, -0.05) is 0 Å². The molecule has 0 amide bonds. The molecule has 0 aliphatic carbocycles. The summed E-state index contributed by atoms with van der Waals surface area (Å²) in [6.07, 6.45) is 1.47. The Labute approximate surface area is 105 Å². The molecule has 18 heavy (non-hydrogen) atoms. The van der Waals surface area contributed by atoms with Gasteiger partial charge in [-0.25, -0.2) is 18.1 Å². The van der Waals surface area contributed by atoms with Crippen LogP contribution in [0.25, 0.3) is 0 Å². The first kappa shape index (κ1) is 14.3. The van der Waals surface area contributed by atoms with E-state index in [-0.39, 0.29) is 23.8 Å². The number of nitro groups is 1. The van der Waals surface area contributed by atoms with Gasteiger partial charge in [0.25, 0.3) is 0 Å². The van der Waals surface area contributed by atoms with E-state index in [1.54, 1.807) is 6.92 Å². The quantitative estimate of drug-likeness (QED) is 0.568. The molecule has 1 aromatic heterocycles. The van der Waals surface area contributed by atoms with Crippen LogP contribution in [0.1, 0.15) is 5.56 Å². The van der Waals surface area contributed by atoms with Crippen molar-refractivity contribution in [3.05, 3.63) is 27.9 Å². The summed E-state index contributed by atoms with van der Waals surface area (Å²) in [5.74, 6) is -0.118. The zero-order chi connectivity index (χ0) is 13.8. The van der Waals surface area contributed by atoms with E-state index < -0.39 is 14.9 Å². The third kappa shape index (κ3) is 3.93. The SMILES string of the molecule is CNS(=O)(=O)CCNc1ncc(C)cc1[N+](=O)[O-]. The van der Waals surface area contributed by atoms with Crippen molar-refractivity contribution < 1.29 is 13.3 Å². The van der Waals surface area contributed by atoms with Crippen LogP contribution in [0, 0.1) is 17.0 Å². The number of nitrogens with one attached hydrogen (secondary N) is 2. The van der Waals surface area contributed by atoms with Crippen molar-refractivity contribution in [2.75, 3.05) is 24.7 Å². The van der Waals surface area contributed by atoms with Crippen molar-refractivity contribution in [3.8, 4) is 0 Å². The van der Waals surface area contributed by atoms with Crippen molar-refractivity contribution in [1.82, 2.24) is 9.71 Å². The van der Waals surface area contributed by atoms with Gasteiger partial charge in [0.2, 0.25) is 15.8 Å². The molecule has 0 atom stereocenters. The monoisotopic (exact) mass is 274 g/mol.